The van der Waals surface area contributed by atoms with Gasteiger partial charge in [0, 0.05) is 38.6 Å². The smallest absolute Gasteiger partial charge is 0.385 e. The SMILES string of the molecule is CN(Cc1ccccc1)CC(c1ccc(Cl)c(Cl)c1)C(CN1CCC(O)(c2ccccc2)CC1)OCc1cc(C(F)(F)F)cc(C(F)(F)F)c1. The van der Waals surface area contributed by atoms with E-state index in [1.165, 1.54) is 0 Å². The molecule has 1 N–H and O–H groups in total. The number of likely N-dealkylation sites (tertiary alicyclic amines) is 1. The highest BCUT2D eigenvalue weighted by atomic mass is 35.5. The van der Waals surface area contributed by atoms with Crippen LogP contribution in [-0.2, 0) is 35.8 Å². The first-order valence-electron chi connectivity index (χ1n) is 16.2. The third kappa shape index (κ3) is 10.0. The van der Waals surface area contributed by atoms with E-state index in [2.05, 4.69) is 9.80 Å². The molecular weight excluding hydrogens is 701 g/mol. The van der Waals surface area contributed by atoms with Crippen molar-refractivity contribution in [2.45, 2.75) is 56.0 Å². The summed E-state index contributed by atoms with van der Waals surface area (Å²) in [6.07, 6.45) is -9.82. The summed E-state index contributed by atoms with van der Waals surface area (Å²) in [7, 11) is 1.93. The van der Waals surface area contributed by atoms with E-state index in [9.17, 15) is 31.4 Å². The first kappa shape index (κ1) is 38.1. The van der Waals surface area contributed by atoms with Gasteiger partial charge in [-0.2, -0.15) is 26.3 Å². The van der Waals surface area contributed by atoms with Gasteiger partial charge in [-0.25, -0.2) is 0 Å². The maximum Gasteiger partial charge on any atom is 0.416 e. The van der Waals surface area contributed by atoms with Gasteiger partial charge in [0.15, 0.2) is 0 Å². The summed E-state index contributed by atoms with van der Waals surface area (Å²) >= 11 is 12.7. The van der Waals surface area contributed by atoms with Crippen LogP contribution in [0.3, 0.4) is 0 Å². The minimum Gasteiger partial charge on any atom is -0.385 e. The summed E-state index contributed by atoms with van der Waals surface area (Å²) in [6, 6.07) is 25.8. The number of aliphatic hydroxyl groups is 1. The Bertz CT molecular complexity index is 1670. The van der Waals surface area contributed by atoms with Gasteiger partial charge in [0.2, 0.25) is 0 Å². The lowest BCUT2D eigenvalue weighted by Crippen LogP contribution is -2.47. The number of piperidine rings is 1. The van der Waals surface area contributed by atoms with Crippen molar-refractivity contribution < 1.29 is 36.2 Å². The fourth-order valence-corrected chi connectivity index (χ4v) is 6.78. The third-order valence-corrected chi connectivity index (χ3v) is 9.91. The van der Waals surface area contributed by atoms with E-state index < -0.39 is 47.7 Å². The molecule has 1 heterocycles. The molecule has 4 aromatic rings. The van der Waals surface area contributed by atoms with Crippen molar-refractivity contribution >= 4 is 23.2 Å². The van der Waals surface area contributed by atoms with Crippen molar-refractivity contribution in [3.63, 3.8) is 0 Å². The van der Waals surface area contributed by atoms with Gasteiger partial charge >= 0.3 is 12.4 Å². The Kier molecular flexibility index (Phi) is 12.2. The number of likely N-dealkylation sites (N-methyl/N-ethyl adjacent to an activating group) is 1. The molecule has 1 saturated heterocycles. The predicted octanol–water partition coefficient (Wildman–Crippen LogP) is 9.82. The zero-order chi connectivity index (χ0) is 36.1. The van der Waals surface area contributed by atoms with Crippen LogP contribution in [0.4, 0.5) is 26.3 Å². The summed E-state index contributed by atoms with van der Waals surface area (Å²) in [5.74, 6) is -0.429. The standard InChI is InChI=1S/C38H38Cl2F6N2O2/c1-47(22-26-8-4-2-5-9-26)23-32(28-12-13-33(39)34(40)20-28)35(24-48-16-14-36(49,15-17-48)29-10-6-3-7-11-29)50-25-27-18-30(37(41,42)43)21-31(19-27)38(44,45)46/h2-13,18-21,32,35,49H,14-17,22-25H2,1H3. The molecule has 1 fully saturated rings. The van der Waals surface area contributed by atoms with Crippen LogP contribution in [0, 0.1) is 0 Å². The molecule has 0 amide bonds. The second-order valence-corrected chi connectivity index (χ2v) is 13.7. The largest absolute Gasteiger partial charge is 0.416 e. The molecule has 0 bridgehead atoms. The van der Waals surface area contributed by atoms with E-state index in [1.807, 2.05) is 73.8 Å². The van der Waals surface area contributed by atoms with Crippen LogP contribution < -0.4 is 0 Å². The molecule has 0 saturated carbocycles. The minimum absolute atomic E-state index is 0.111. The number of hydrogen-bond donors (Lipinski definition) is 1. The molecule has 1 aliphatic heterocycles. The molecule has 268 valence electrons. The average molecular weight is 740 g/mol. The van der Waals surface area contributed by atoms with E-state index in [0.29, 0.717) is 67.7 Å². The topological polar surface area (TPSA) is 35.9 Å². The van der Waals surface area contributed by atoms with E-state index in [1.54, 1.807) is 12.1 Å². The highest BCUT2D eigenvalue weighted by Crippen LogP contribution is 2.38. The van der Waals surface area contributed by atoms with Crippen molar-refractivity contribution in [3.8, 4) is 0 Å². The molecule has 2 atom stereocenters. The molecular formula is C38H38Cl2F6N2O2. The summed E-state index contributed by atoms with van der Waals surface area (Å²) < 4.78 is 88.6. The van der Waals surface area contributed by atoms with E-state index in [4.69, 9.17) is 27.9 Å². The number of nitrogens with zero attached hydrogens (tertiary/aromatic N) is 2. The average Bonchev–Trinajstić information content (AvgIpc) is 3.08. The van der Waals surface area contributed by atoms with Crippen LogP contribution in [0.1, 0.15) is 52.1 Å². The molecule has 1 aliphatic rings. The quantitative estimate of drug-likeness (QED) is 0.147. The second kappa shape index (κ2) is 16.0. The number of hydrogen-bond acceptors (Lipinski definition) is 4. The molecule has 5 rings (SSSR count). The number of halogens is 8. The van der Waals surface area contributed by atoms with Gasteiger partial charge in [0.25, 0.3) is 0 Å². The second-order valence-electron chi connectivity index (χ2n) is 12.9. The summed E-state index contributed by atoms with van der Waals surface area (Å²) in [4.78, 5) is 4.19. The van der Waals surface area contributed by atoms with Crippen LogP contribution in [0.15, 0.2) is 97.1 Å². The lowest BCUT2D eigenvalue weighted by Gasteiger charge is -2.41. The van der Waals surface area contributed by atoms with Gasteiger partial charge in [-0.05, 0) is 72.5 Å². The lowest BCUT2D eigenvalue weighted by atomic mass is 9.84. The number of rotatable bonds is 12. The van der Waals surface area contributed by atoms with Gasteiger partial charge in [-0.1, -0.05) is 89.9 Å². The molecule has 50 heavy (non-hydrogen) atoms. The molecule has 12 heteroatoms. The zero-order valence-electron chi connectivity index (χ0n) is 27.3. The van der Waals surface area contributed by atoms with E-state index in [0.717, 1.165) is 16.7 Å². The Balaban J connectivity index is 1.47. The fourth-order valence-electron chi connectivity index (χ4n) is 6.48. The Labute approximate surface area is 298 Å². The summed E-state index contributed by atoms with van der Waals surface area (Å²) in [5, 5.41) is 12.1. The zero-order valence-corrected chi connectivity index (χ0v) is 28.8. The maximum atomic E-state index is 13.7. The van der Waals surface area contributed by atoms with E-state index in [-0.39, 0.29) is 11.6 Å². The molecule has 4 nitrogen and oxygen atoms in total. The maximum absolute atomic E-state index is 13.7. The Morgan fingerprint density at radius 1 is 0.780 bits per heavy atom. The first-order valence-corrected chi connectivity index (χ1v) is 16.9. The van der Waals surface area contributed by atoms with Crippen LogP contribution in [-0.4, -0.2) is 54.2 Å². The highest BCUT2D eigenvalue weighted by molar-refractivity contribution is 6.42. The summed E-state index contributed by atoms with van der Waals surface area (Å²) in [5.41, 5.74) is -1.46. The Morgan fingerprint density at radius 3 is 1.92 bits per heavy atom. The van der Waals surface area contributed by atoms with Crippen LogP contribution in [0.5, 0.6) is 0 Å². The van der Waals surface area contributed by atoms with Gasteiger partial charge in [-0.15, -0.1) is 0 Å². The lowest BCUT2D eigenvalue weighted by molar-refractivity contribution is -0.143. The Hall–Kier alpha value is -3.12. The van der Waals surface area contributed by atoms with Crippen LogP contribution in [0.25, 0.3) is 0 Å². The molecule has 0 aromatic heterocycles. The predicted molar refractivity (Wildman–Crippen MR) is 183 cm³/mol. The monoisotopic (exact) mass is 738 g/mol. The third-order valence-electron chi connectivity index (χ3n) is 9.17. The van der Waals surface area contributed by atoms with Gasteiger partial charge < -0.3 is 19.6 Å². The molecule has 0 aliphatic carbocycles. The molecule has 0 spiro atoms. The van der Waals surface area contributed by atoms with Crippen LogP contribution >= 0.6 is 23.2 Å². The number of alkyl halides is 6. The number of ether oxygens (including phenoxy) is 1. The first-order chi connectivity index (χ1) is 23.6. The van der Waals surface area contributed by atoms with Crippen LogP contribution in [0.2, 0.25) is 10.0 Å². The van der Waals surface area contributed by atoms with Crippen molar-refractivity contribution in [3.05, 3.63) is 140 Å². The fraction of sp³-hybridized carbons (Fsp3) is 0.368. The van der Waals surface area contributed by atoms with Crippen molar-refractivity contribution in [1.29, 1.82) is 0 Å². The summed E-state index contributed by atoms with van der Waals surface area (Å²) in [6.45, 7) is 1.75. The van der Waals surface area contributed by atoms with Gasteiger partial charge in [0.1, 0.15) is 0 Å². The molecule has 4 aromatic carbocycles. The number of benzene rings is 4. The molecule has 0 radical (unpaired) electrons. The van der Waals surface area contributed by atoms with Gasteiger partial charge in [0.05, 0.1) is 39.5 Å². The normalized spacial score (nSPS) is 16.8. The highest BCUT2D eigenvalue weighted by Gasteiger charge is 2.38. The van der Waals surface area contributed by atoms with Gasteiger partial charge in [-0.3, -0.25) is 0 Å². The Morgan fingerprint density at radius 2 is 1.36 bits per heavy atom. The minimum atomic E-state index is -4.98. The van der Waals surface area contributed by atoms with Crippen molar-refractivity contribution in [2.75, 3.05) is 33.2 Å². The molecule has 2 unspecified atom stereocenters. The van der Waals surface area contributed by atoms with Crippen molar-refractivity contribution in [2.24, 2.45) is 0 Å². The van der Waals surface area contributed by atoms with Crippen molar-refractivity contribution in [1.82, 2.24) is 9.80 Å². The van der Waals surface area contributed by atoms with E-state index >= 15 is 0 Å².